The summed E-state index contributed by atoms with van der Waals surface area (Å²) in [6.07, 6.45) is 12.6. The van der Waals surface area contributed by atoms with Crippen LogP contribution in [-0.4, -0.2) is 31.4 Å². The molecule has 0 aliphatic heterocycles. The number of nitrogens with one attached hydrogen (secondary N) is 1. The van der Waals surface area contributed by atoms with Gasteiger partial charge in [0, 0.05) is 17.9 Å². The van der Waals surface area contributed by atoms with Crippen molar-refractivity contribution in [2.24, 2.45) is 0 Å². The van der Waals surface area contributed by atoms with Gasteiger partial charge in [-0.1, -0.05) is 56.7 Å². The fraction of sp³-hybridized carbons (Fsp3) is 0.361. The molecular formula is C36H43NO5. The number of unbranched alkanes of at least 4 members (excludes halogenated alkanes) is 5. The number of carbonyl (C=O) groups is 2. The molecule has 0 saturated carbocycles. The highest BCUT2D eigenvalue weighted by Gasteiger charge is 2.12. The molecule has 6 nitrogen and oxygen atoms in total. The average molecular weight is 570 g/mol. The molecule has 0 amide bonds. The molecule has 6 heteroatoms. The molecular weight excluding hydrogens is 526 g/mol. The third-order valence-corrected chi connectivity index (χ3v) is 7.04. The highest BCUT2D eigenvalue weighted by Crippen LogP contribution is 2.22. The first-order valence-electron chi connectivity index (χ1n) is 15.0. The monoisotopic (exact) mass is 569 g/mol. The van der Waals surface area contributed by atoms with Crippen LogP contribution < -0.4 is 9.47 Å². The Kier molecular flexibility index (Phi) is 14.1. The van der Waals surface area contributed by atoms with Crippen molar-refractivity contribution in [1.29, 1.82) is 5.41 Å². The van der Waals surface area contributed by atoms with Gasteiger partial charge in [-0.3, -0.25) is 0 Å². The van der Waals surface area contributed by atoms with Crippen LogP contribution in [0.4, 0.5) is 0 Å². The van der Waals surface area contributed by atoms with Crippen LogP contribution in [0.1, 0.15) is 84.5 Å². The maximum absolute atomic E-state index is 12.8. The minimum absolute atomic E-state index is 0.370. The number of benzene rings is 3. The van der Waals surface area contributed by atoms with Gasteiger partial charge in [0.15, 0.2) is 0 Å². The summed E-state index contributed by atoms with van der Waals surface area (Å²) in [5.74, 6) is 0.185. The number of hydrogen-bond acceptors (Lipinski definition) is 6. The standard InChI is InChI=1S/C36H43NO5/c1-3-5-8-11-28-12-14-29(15-13-28)16-17-30-18-23-34(32(26-30)27-37)42-36(39)31-19-21-33(22-20-31)40-24-9-6-7-10-25-41-35(38)4-2/h4,12-15,18-23,26-27,37H,2-3,5-11,16-17,24-25H2,1H3. The van der Waals surface area contributed by atoms with E-state index in [2.05, 4.69) is 37.8 Å². The van der Waals surface area contributed by atoms with Crippen LogP contribution >= 0.6 is 0 Å². The molecule has 0 fully saturated rings. The van der Waals surface area contributed by atoms with E-state index in [1.165, 1.54) is 42.7 Å². The van der Waals surface area contributed by atoms with Crippen LogP contribution in [0.5, 0.6) is 11.5 Å². The summed E-state index contributed by atoms with van der Waals surface area (Å²) in [7, 11) is 0. The van der Waals surface area contributed by atoms with E-state index in [0.29, 0.717) is 35.8 Å². The summed E-state index contributed by atoms with van der Waals surface area (Å²) < 4.78 is 16.4. The van der Waals surface area contributed by atoms with E-state index in [1.54, 1.807) is 30.3 Å². The molecule has 1 N–H and O–H groups in total. The molecule has 3 rings (SSSR count). The number of esters is 2. The van der Waals surface area contributed by atoms with Crippen molar-refractivity contribution in [2.75, 3.05) is 13.2 Å². The van der Waals surface area contributed by atoms with Gasteiger partial charge in [-0.05, 0) is 104 Å². The predicted molar refractivity (Wildman–Crippen MR) is 168 cm³/mol. The number of ether oxygens (including phenoxy) is 3. The van der Waals surface area contributed by atoms with E-state index < -0.39 is 5.97 Å². The minimum atomic E-state index is -0.478. The van der Waals surface area contributed by atoms with Crippen LogP contribution in [0.25, 0.3) is 0 Å². The molecule has 3 aromatic rings. The van der Waals surface area contributed by atoms with Crippen LogP contribution in [0.3, 0.4) is 0 Å². The Morgan fingerprint density at radius 2 is 1.40 bits per heavy atom. The van der Waals surface area contributed by atoms with Crippen LogP contribution in [0.2, 0.25) is 0 Å². The van der Waals surface area contributed by atoms with Crippen LogP contribution in [0, 0.1) is 5.41 Å². The summed E-state index contributed by atoms with van der Waals surface area (Å²) in [6, 6.07) is 21.4. The first-order chi connectivity index (χ1) is 20.5. The van der Waals surface area contributed by atoms with Crippen molar-refractivity contribution in [3.05, 3.63) is 107 Å². The fourth-order valence-electron chi connectivity index (χ4n) is 4.52. The Morgan fingerprint density at radius 3 is 2.07 bits per heavy atom. The molecule has 0 heterocycles. The smallest absolute Gasteiger partial charge is 0.343 e. The topological polar surface area (TPSA) is 85.7 Å². The Labute approximate surface area is 250 Å². The number of hydrogen-bond donors (Lipinski definition) is 1. The molecule has 0 aliphatic carbocycles. The zero-order valence-electron chi connectivity index (χ0n) is 24.7. The summed E-state index contributed by atoms with van der Waals surface area (Å²) >= 11 is 0. The van der Waals surface area contributed by atoms with E-state index in [1.807, 2.05) is 12.1 Å². The second kappa shape index (κ2) is 18.3. The van der Waals surface area contributed by atoms with Gasteiger partial charge in [0.2, 0.25) is 0 Å². The van der Waals surface area contributed by atoms with Gasteiger partial charge >= 0.3 is 11.9 Å². The molecule has 0 saturated heterocycles. The van der Waals surface area contributed by atoms with E-state index >= 15 is 0 Å². The Bertz CT molecular complexity index is 1280. The van der Waals surface area contributed by atoms with Gasteiger partial charge in [-0.15, -0.1) is 0 Å². The maximum Gasteiger partial charge on any atom is 0.343 e. The number of carbonyl (C=O) groups excluding carboxylic acids is 2. The van der Waals surface area contributed by atoms with Gasteiger partial charge in [-0.25, -0.2) is 9.59 Å². The van der Waals surface area contributed by atoms with Crippen LogP contribution in [0.15, 0.2) is 79.4 Å². The van der Waals surface area contributed by atoms with Crippen LogP contribution in [-0.2, 0) is 28.8 Å². The summed E-state index contributed by atoms with van der Waals surface area (Å²) in [4.78, 5) is 23.8. The maximum atomic E-state index is 12.8. The molecule has 222 valence electrons. The average Bonchev–Trinajstić information content (AvgIpc) is 3.02. The summed E-state index contributed by atoms with van der Waals surface area (Å²) in [5, 5.41) is 7.84. The van der Waals surface area contributed by atoms with Crippen molar-refractivity contribution in [2.45, 2.75) is 71.1 Å². The Balaban J connectivity index is 1.42. The van der Waals surface area contributed by atoms with Crippen molar-refractivity contribution >= 4 is 18.2 Å². The third kappa shape index (κ3) is 11.4. The first-order valence-corrected chi connectivity index (χ1v) is 15.0. The highest BCUT2D eigenvalue weighted by atomic mass is 16.5. The summed E-state index contributed by atoms with van der Waals surface area (Å²) in [6.45, 7) is 6.56. The van der Waals surface area contributed by atoms with Crippen molar-refractivity contribution in [1.82, 2.24) is 0 Å². The van der Waals surface area contributed by atoms with E-state index in [4.69, 9.17) is 19.6 Å². The van der Waals surface area contributed by atoms with E-state index in [-0.39, 0.29) is 5.97 Å². The predicted octanol–water partition coefficient (Wildman–Crippen LogP) is 8.09. The first kappa shape index (κ1) is 32.3. The lowest BCUT2D eigenvalue weighted by Crippen LogP contribution is -2.10. The van der Waals surface area contributed by atoms with Crippen molar-refractivity contribution < 1.29 is 23.8 Å². The lowest BCUT2D eigenvalue weighted by atomic mass is 10.00. The molecule has 0 aromatic heterocycles. The Morgan fingerprint density at radius 1 is 0.762 bits per heavy atom. The molecule has 3 aromatic carbocycles. The van der Waals surface area contributed by atoms with Gasteiger partial charge < -0.3 is 19.6 Å². The zero-order valence-corrected chi connectivity index (χ0v) is 24.7. The third-order valence-electron chi connectivity index (χ3n) is 7.04. The van der Waals surface area contributed by atoms with Crippen molar-refractivity contribution in [3.8, 4) is 11.5 Å². The fourth-order valence-corrected chi connectivity index (χ4v) is 4.52. The molecule has 0 radical (unpaired) electrons. The van der Waals surface area contributed by atoms with E-state index in [9.17, 15) is 9.59 Å². The van der Waals surface area contributed by atoms with Gasteiger partial charge in [0.25, 0.3) is 0 Å². The largest absolute Gasteiger partial charge is 0.494 e. The quantitative estimate of drug-likeness (QED) is 0.0518. The lowest BCUT2D eigenvalue weighted by Gasteiger charge is -2.11. The lowest BCUT2D eigenvalue weighted by molar-refractivity contribution is -0.137. The molecule has 0 bridgehead atoms. The normalized spacial score (nSPS) is 10.6. The highest BCUT2D eigenvalue weighted by molar-refractivity contribution is 5.93. The summed E-state index contributed by atoms with van der Waals surface area (Å²) in [5.41, 5.74) is 4.76. The number of aryl methyl sites for hydroxylation is 3. The van der Waals surface area contributed by atoms with E-state index in [0.717, 1.165) is 50.5 Å². The zero-order chi connectivity index (χ0) is 30.0. The van der Waals surface area contributed by atoms with Gasteiger partial charge in [0.05, 0.1) is 18.8 Å². The Hall–Kier alpha value is -4.19. The second-order valence-corrected chi connectivity index (χ2v) is 10.3. The molecule has 42 heavy (non-hydrogen) atoms. The molecule has 0 spiro atoms. The van der Waals surface area contributed by atoms with Gasteiger partial charge in [0.1, 0.15) is 11.5 Å². The second-order valence-electron chi connectivity index (χ2n) is 10.3. The molecule has 0 atom stereocenters. The van der Waals surface area contributed by atoms with Gasteiger partial charge in [-0.2, -0.15) is 0 Å². The molecule has 0 unspecified atom stereocenters. The number of rotatable bonds is 19. The van der Waals surface area contributed by atoms with Crippen molar-refractivity contribution in [3.63, 3.8) is 0 Å². The SMILES string of the molecule is C=CC(=O)OCCCCCCOc1ccc(C(=O)Oc2ccc(CCc3ccc(CCCCC)cc3)cc2C=N)cc1. The minimum Gasteiger partial charge on any atom is -0.494 e. The molecule has 0 aliphatic rings.